The summed E-state index contributed by atoms with van der Waals surface area (Å²) in [6.45, 7) is 3.80. The van der Waals surface area contributed by atoms with E-state index in [0.717, 1.165) is 5.56 Å². The molecule has 5 atom stereocenters. The van der Waals surface area contributed by atoms with E-state index in [9.17, 15) is 14.4 Å². The molecular weight excluding hydrogens is 436 g/mol. The second kappa shape index (κ2) is 10.5. The first-order valence-electron chi connectivity index (χ1n) is 8.70. The van der Waals surface area contributed by atoms with E-state index in [-0.39, 0.29) is 13.2 Å². The fourth-order valence-corrected chi connectivity index (χ4v) is 3.53. The zero-order valence-electron chi connectivity index (χ0n) is 15.8. The van der Waals surface area contributed by atoms with Crippen LogP contribution >= 0.6 is 15.9 Å². The Kier molecular flexibility index (Phi) is 8.40. The van der Waals surface area contributed by atoms with Crippen molar-refractivity contribution in [1.29, 1.82) is 0 Å². The molecule has 0 aliphatic carbocycles. The van der Waals surface area contributed by atoms with E-state index in [1.54, 1.807) is 0 Å². The minimum Gasteiger partial charge on any atom is -0.463 e. The third-order valence-electron chi connectivity index (χ3n) is 3.92. The molecule has 0 radical (unpaired) electrons. The van der Waals surface area contributed by atoms with Crippen molar-refractivity contribution >= 4 is 33.8 Å². The Balaban J connectivity index is 2.22. The smallest absolute Gasteiger partial charge is 0.303 e. The number of benzene rings is 1. The molecule has 0 N–H and O–H groups in total. The number of alkyl halides is 1. The van der Waals surface area contributed by atoms with Crippen LogP contribution in [0.3, 0.4) is 0 Å². The molecule has 1 saturated heterocycles. The number of esters is 3. The van der Waals surface area contributed by atoms with Crippen LogP contribution < -0.4 is 0 Å². The van der Waals surface area contributed by atoms with Gasteiger partial charge in [0.05, 0.1) is 6.61 Å². The van der Waals surface area contributed by atoms with Gasteiger partial charge in [0.1, 0.15) is 23.8 Å². The topological polar surface area (TPSA) is 97.4 Å². The molecule has 1 heterocycles. The van der Waals surface area contributed by atoms with E-state index in [1.165, 1.54) is 20.8 Å². The zero-order chi connectivity index (χ0) is 20.7. The molecule has 1 aromatic carbocycles. The van der Waals surface area contributed by atoms with Crippen molar-refractivity contribution in [2.24, 2.45) is 0 Å². The fourth-order valence-electron chi connectivity index (χ4n) is 2.80. The number of hydrogen-bond donors (Lipinski definition) is 0. The summed E-state index contributed by atoms with van der Waals surface area (Å²) in [5.41, 5.74) is 0.912. The van der Waals surface area contributed by atoms with Crippen molar-refractivity contribution in [2.75, 3.05) is 6.61 Å². The first kappa shape index (κ1) is 22.3. The largest absolute Gasteiger partial charge is 0.463 e. The first-order valence-corrected chi connectivity index (χ1v) is 9.62. The van der Waals surface area contributed by atoms with Gasteiger partial charge >= 0.3 is 17.9 Å². The molecule has 9 heteroatoms. The highest BCUT2D eigenvalue weighted by molar-refractivity contribution is 9.09. The molecule has 1 aromatic rings. The molecule has 0 aromatic heterocycles. The summed E-state index contributed by atoms with van der Waals surface area (Å²) in [6.07, 6.45) is -3.56. The Bertz CT molecular complexity index is 680. The van der Waals surface area contributed by atoms with Crippen molar-refractivity contribution < 1.29 is 38.1 Å². The van der Waals surface area contributed by atoms with Crippen LogP contribution in [0, 0.1) is 0 Å². The van der Waals surface area contributed by atoms with Crippen LogP contribution in [0.5, 0.6) is 0 Å². The van der Waals surface area contributed by atoms with Gasteiger partial charge in [-0.15, -0.1) is 0 Å². The van der Waals surface area contributed by atoms with Gasteiger partial charge in [-0.3, -0.25) is 14.4 Å². The summed E-state index contributed by atoms with van der Waals surface area (Å²) >= 11 is 3.38. The van der Waals surface area contributed by atoms with E-state index >= 15 is 0 Å². The van der Waals surface area contributed by atoms with Gasteiger partial charge in [0, 0.05) is 20.8 Å². The first-order chi connectivity index (χ1) is 13.3. The highest BCUT2D eigenvalue weighted by atomic mass is 79.9. The predicted molar refractivity (Wildman–Crippen MR) is 100 cm³/mol. The Morgan fingerprint density at radius 2 is 1.54 bits per heavy atom. The van der Waals surface area contributed by atoms with Crippen molar-refractivity contribution in [1.82, 2.24) is 0 Å². The molecular formula is C19H23BrO8. The van der Waals surface area contributed by atoms with Crippen LogP contribution in [-0.4, -0.2) is 53.9 Å². The minimum absolute atomic E-state index is 0.168. The minimum atomic E-state index is -1.00. The molecule has 0 spiro atoms. The van der Waals surface area contributed by atoms with E-state index in [0.29, 0.717) is 0 Å². The van der Waals surface area contributed by atoms with Gasteiger partial charge in [-0.2, -0.15) is 0 Å². The normalized spacial score (nSPS) is 26.9. The summed E-state index contributed by atoms with van der Waals surface area (Å²) in [7, 11) is 0. The number of hydrogen-bond acceptors (Lipinski definition) is 8. The van der Waals surface area contributed by atoms with Gasteiger partial charge in [0.25, 0.3) is 0 Å². The molecule has 1 aliphatic rings. The molecule has 0 amide bonds. The van der Waals surface area contributed by atoms with Gasteiger partial charge in [0.15, 0.2) is 12.2 Å². The lowest BCUT2D eigenvalue weighted by Gasteiger charge is -2.43. The molecule has 28 heavy (non-hydrogen) atoms. The highest BCUT2D eigenvalue weighted by Gasteiger charge is 2.50. The number of carbonyl (C=O) groups is 3. The molecule has 8 nitrogen and oxygen atoms in total. The van der Waals surface area contributed by atoms with Crippen LogP contribution in [0.4, 0.5) is 0 Å². The van der Waals surface area contributed by atoms with Gasteiger partial charge in [-0.25, -0.2) is 0 Å². The lowest BCUT2D eigenvalue weighted by Crippen LogP contribution is -2.60. The summed E-state index contributed by atoms with van der Waals surface area (Å²) in [5.74, 6) is -1.67. The van der Waals surface area contributed by atoms with Gasteiger partial charge < -0.3 is 23.7 Å². The second-order valence-electron chi connectivity index (χ2n) is 6.24. The van der Waals surface area contributed by atoms with Gasteiger partial charge in [0.2, 0.25) is 0 Å². The van der Waals surface area contributed by atoms with Crippen LogP contribution in [-0.2, 0) is 44.7 Å². The molecule has 0 bridgehead atoms. The molecule has 1 fully saturated rings. The Morgan fingerprint density at radius 1 is 0.929 bits per heavy atom. The molecule has 2 rings (SSSR count). The predicted octanol–water partition coefficient (Wildman–Crippen LogP) is 2.12. The fraction of sp³-hybridized carbons (Fsp3) is 0.526. The second-order valence-corrected chi connectivity index (χ2v) is 7.14. The molecule has 1 aliphatic heterocycles. The van der Waals surface area contributed by atoms with E-state index in [2.05, 4.69) is 15.9 Å². The molecule has 154 valence electrons. The van der Waals surface area contributed by atoms with E-state index < -0.39 is 47.3 Å². The monoisotopic (exact) mass is 458 g/mol. The summed E-state index contributed by atoms with van der Waals surface area (Å²) in [4.78, 5) is 34.5. The maximum atomic E-state index is 11.7. The van der Waals surface area contributed by atoms with Crippen molar-refractivity contribution in [3.05, 3.63) is 35.9 Å². The average Bonchev–Trinajstić information content (AvgIpc) is 2.62. The number of halogens is 1. The van der Waals surface area contributed by atoms with Crippen molar-refractivity contribution in [3.8, 4) is 0 Å². The van der Waals surface area contributed by atoms with Gasteiger partial charge in [-0.1, -0.05) is 46.3 Å². The van der Waals surface area contributed by atoms with E-state index in [1.807, 2.05) is 30.3 Å². The van der Waals surface area contributed by atoms with Crippen LogP contribution in [0.1, 0.15) is 26.3 Å². The lowest BCUT2D eigenvalue weighted by atomic mass is 9.99. The summed E-state index contributed by atoms with van der Waals surface area (Å²) < 4.78 is 27.5. The SMILES string of the molecule is CC(=O)OC[C@H]1O[C@@H](Br)[C@H](OCc2ccccc2)[C@@H](OC(C)=O)[C@@H]1OC(C)=O. The quantitative estimate of drug-likeness (QED) is 0.348. The molecule has 0 unspecified atom stereocenters. The van der Waals surface area contributed by atoms with Crippen molar-refractivity contribution in [2.45, 2.75) is 56.8 Å². The lowest BCUT2D eigenvalue weighted by molar-refractivity contribution is -0.240. The zero-order valence-corrected chi connectivity index (χ0v) is 17.4. The number of rotatable bonds is 7. The number of carbonyl (C=O) groups excluding carboxylic acids is 3. The van der Waals surface area contributed by atoms with Crippen LogP contribution in [0.2, 0.25) is 0 Å². The van der Waals surface area contributed by atoms with Crippen molar-refractivity contribution in [3.63, 3.8) is 0 Å². The maximum Gasteiger partial charge on any atom is 0.303 e. The Morgan fingerprint density at radius 3 is 2.11 bits per heavy atom. The Hall–Kier alpha value is -1.97. The van der Waals surface area contributed by atoms with E-state index in [4.69, 9.17) is 23.7 Å². The highest BCUT2D eigenvalue weighted by Crippen LogP contribution is 2.32. The summed E-state index contributed by atoms with van der Waals surface area (Å²) in [6, 6.07) is 9.42. The third kappa shape index (κ3) is 6.57. The number of ether oxygens (including phenoxy) is 5. The van der Waals surface area contributed by atoms with Crippen LogP contribution in [0.15, 0.2) is 30.3 Å². The summed E-state index contributed by atoms with van der Waals surface area (Å²) in [5, 5.41) is -0.687. The average molecular weight is 459 g/mol. The van der Waals surface area contributed by atoms with Gasteiger partial charge in [-0.05, 0) is 5.56 Å². The third-order valence-corrected chi connectivity index (χ3v) is 4.65. The molecule has 0 saturated carbocycles. The maximum absolute atomic E-state index is 11.7. The standard InChI is InChI=1S/C19H23BrO8/c1-11(21)24-10-15-16(26-12(2)22)17(27-13(3)23)18(19(20)28-15)25-9-14-7-5-4-6-8-14/h4-8,15-19H,9-10H2,1-3H3/t15-,16-,17+,18-,19-/m1/s1. The Labute approximate surface area is 171 Å². The van der Waals surface area contributed by atoms with Crippen LogP contribution in [0.25, 0.3) is 0 Å².